The molecule has 0 aliphatic carbocycles. The molecule has 1 aliphatic heterocycles. The lowest BCUT2D eigenvalue weighted by Gasteiger charge is -2.34. The van der Waals surface area contributed by atoms with Crippen molar-refractivity contribution in [2.75, 3.05) is 26.2 Å². The quantitative estimate of drug-likeness (QED) is 0.614. The number of hydrogen-bond donors (Lipinski definition) is 0. The average Bonchev–Trinajstić information content (AvgIpc) is 3.16. The van der Waals surface area contributed by atoms with Gasteiger partial charge in [0, 0.05) is 48.8 Å². The predicted molar refractivity (Wildman–Crippen MR) is 121 cm³/mol. The first-order valence-corrected chi connectivity index (χ1v) is 11.8. The summed E-state index contributed by atoms with van der Waals surface area (Å²) in [7, 11) is -3.66. The number of nitriles is 1. The number of piperazine rings is 1. The van der Waals surface area contributed by atoms with E-state index < -0.39 is 10.0 Å². The van der Waals surface area contributed by atoms with E-state index in [1.54, 1.807) is 4.90 Å². The third kappa shape index (κ3) is 4.05. The molecule has 1 saturated heterocycles. The van der Waals surface area contributed by atoms with Crippen LogP contribution in [-0.4, -0.2) is 54.3 Å². The largest absolute Gasteiger partial charge is 0.336 e. The van der Waals surface area contributed by atoms with E-state index in [4.69, 9.17) is 5.26 Å². The number of nitrogens with zero attached hydrogens (tertiary/aromatic N) is 4. The van der Waals surface area contributed by atoms with Crippen LogP contribution in [0.2, 0.25) is 0 Å². The van der Waals surface area contributed by atoms with Crippen molar-refractivity contribution in [1.29, 1.82) is 5.26 Å². The number of aryl methyl sites for hydroxylation is 2. The van der Waals surface area contributed by atoms with Gasteiger partial charge in [0.15, 0.2) is 0 Å². The first-order valence-electron chi connectivity index (χ1n) is 10.4. The Morgan fingerprint density at radius 3 is 1.94 bits per heavy atom. The zero-order valence-electron chi connectivity index (χ0n) is 18.0. The summed E-state index contributed by atoms with van der Waals surface area (Å²) in [6.07, 6.45) is 0. The summed E-state index contributed by atoms with van der Waals surface area (Å²) in [6, 6.07) is 19.5. The number of carbonyl (C=O) groups excluding carboxylic acids is 1. The third-order valence-corrected chi connectivity index (χ3v) is 7.70. The lowest BCUT2D eigenvalue weighted by Crippen LogP contribution is -2.50. The van der Waals surface area contributed by atoms with E-state index in [2.05, 4.69) is 16.7 Å². The van der Waals surface area contributed by atoms with Gasteiger partial charge in [-0.15, -0.1) is 0 Å². The molecule has 164 valence electrons. The number of hydrogen-bond acceptors (Lipinski definition) is 4. The summed E-state index contributed by atoms with van der Waals surface area (Å²) in [5.74, 6) is -0.104. The van der Waals surface area contributed by atoms with Crippen molar-refractivity contribution in [3.63, 3.8) is 0 Å². The Morgan fingerprint density at radius 2 is 1.41 bits per heavy atom. The monoisotopic (exact) mass is 448 g/mol. The minimum absolute atomic E-state index is 0.104. The normalized spacial score (nSPS) is 14.8. The summed E-state index contributed by atoms with van der Waals surface area (Å²) in [6.45, 7) is 5.19. The van der Waals surface area contributed by atoms with Gasteiger partial charge in [-0.2, -0.15) is 9.57 Å². The number of benzene rings is 2. The van der Waals surface area contributed by atoms with Crippen LogP contribution in [0.5, 0.6) is 0 Å². The molecule has 0 spiro atoms. The van der Waals surface area contributed by atoms with E-state index in [1.165, 1.54) is 28.6 Å². The van der Waals surface area contributed by atoms with Crippen LogP contribution in [0.3, 0.4) is 0 Å². The number of aromatic nitrogens is 1. The minimum Gasteiger partial charge on any atom is -0.336 e. The summed E-state index contributed by atoms with van der Waals surface area (Å²) in [4.78, 5) is 14.8. The third-order valence-electron chi connectivity index (χ3n) is 5.79. The Hall–Kier alpha value is -3.41. The molecular formula is C24H24N4O3S. The van der Waals surface area contributed by atoms with Crippen LogP contribution in [0.1, 0.15) is 27.3 Å². The molecule has 1 fully saturated rings. The van der Waals surface area contributed by atoms with E-state index in [-0.39, 0.29) is 23.9 Å². The zero-order valence-corrected chi connectivity index (χ0v) is 18.8. The van der Waals surface area contributed by atoms with Crippen LogP contribution in [0.4, 0.5) is 0 Å². The van der Waals surface area contributed by atoms with Gasteiger partial charge in [-0.25, -0.2) is 8.42 Å². The van der Waals surface area contributed by atoms with Crippen molar-refractivity contribution < 1.29 is 13.2 Å². The van der Waals surface area contributed by atoms with Gasteiger partial charge in [-0.1, -0.05) is 0 Å². The van der Waals surface area contributed by atoms with E-state index in [0.717, 1.165) is 17.1 Å². The Morgan fingerprint density at radius 1 is 0.844 bits per heavy atom. The average molecular weight is 449 g/mol. The van der Waals surface area contributed by atoms with Crippen LogP contribution >= 0.6 is 0 Å². The van der Waals surface area contributed by atoms with Crippen LogP contribution in [0.25, 0.3) is 5.69 Å². The van der Waals surface area contributed by atoms with Crippen molar-refractivity contribution >= 4 is 15.9 Å². The van der Waals surface area contributed by atoms with E-state index in [1.807, 2.05) is 44.2 Å². The molecule has 2 aromatic carbocycles. The second-order valence-electron chi connectivity index (χ2n) is 7.83. The highest BCUT2D eigenvalue weighted by molar-refractivity contribution is 7.89. The number of amides is 1. The molecule has 0 N–H and O–H groups in total. The Bertz CT molecular complexity index is 1260. The maximum Gasteiger partial charge on any atom is 0.253 e. The smallest absolute Gasteiger partial charge is 0.253 e. The number of carbonyl (C=O) groups is 1. The maximum absolute atomic E-state index is 12.9. The molecule has 3 aromatic rings. The molecule has 1 aromatic heterocycles. The van der Waals surface area contributed by atoms with Crippen molar-refractivity contribution in [3.05, 3.63) is 83.2 Å². The molecule has 8 heteroatoms. The Kier molecular flexibility index (Phi) is 5.87. The van der Waals surface area contributed by atoms with E-state index in [0.29, 0.717) is 24.2 Å². The van der Waals surface area contributed by atoms with Gasteiger partial charge in [-0.05, 0) is 74.5 Å². The number of sulfonamides is 1. The van der Waals surface area contributed by atoms with Crippen molar-refractivity contribution in [2.45, 2.75) is 18.7 Å². The predicted octanol–water partition coefficient (Wildman–Crippen LogP) is 3.11. The number of rotatable bonds is 4. The van der Waals surface area contributed by atoms with Gasteiger partial charge in [0.25, 0.3) is 5.91 Å². The van der Waals surface area contributed by atoms with Crippen LogP contribution in [-0.2, 0) is 10.0 Å². The highest BCUT2D eigenvalue weighted by Gasteiger charge is 2.30. The molecule has 2 heterocycles. The maximum atomic E-state index is 12.9. The summed E-state index contributed by atoms with van der Waals surface area (Å²) in [5, 5.41) is 8.89. The fraction of sp³-hybridized carbons (Fsp3) is 0.250. The van der Waals surface area contributed by atoms with Gasteiger partial charge < -0.3 is 9.47 Å². The molecule has 0 bridgehead atoms. The van der Waals surface area contributed by atoms with E-state index in [9.17, 15) is 13.2 Å². The fourth-order valence-electron chi connectivity index (χ4n) is 3.99. The standard InChI is InChI=1S/C24H24N4O3S/c1-18-3-4-19(2)28(18)22-9-7-21(8-10-22)24(29)26-13-15-27(16-14-26)32(30,31)23-11-5-20(17-25)6-12-23/h3-12H,13-16H2,1-2H3. The van der Waals surface area contributed by atoms with Gasteiger partial charge in [-0.3, -0.25) is 4.79 Å². The lowest BCUT2D eigenvalue weighted by molar-refractivity contribution is 0.0698. The van der Waals surface area contributed by atoms with Crippen LogP contribution in [0, 0.1) is 25.2 Å². The molecule has 7 nitrogen and oxygen atoms in total. The second kappa shape index (κ2) is 8.61. The summed E-state index contributed by atoms with van der Waals surface area (Å²) >= 11 is 0. The summed E-state index contributed by atoms with van der Waals surface area (Å²) < 4.78 is 29.3. The molecule has 32 heavy (non-hydrogen) atoms. The van der Waals surface area contributed by atoms with Gasteiger partial charge in [0.1, 0.15) is 0 Å². The minimum atomic E-state index is -3.66. The zero-order chi connectivity index (χ0) is 22.9. The molecule has 0 saturated carbocycles. The lowest BCUT2D eigenvalue weighted by atomic mass is 10.1. The first-order chi connectivity index (χ1) is 15.3. The van der Waals surface area contributed by atoms with Crippen molar-refractivity contribution in [3.8, 4) is 11.8 Å². The van der Waals surface area contributed by atoms with Crippen molar-refractivity contribution in [2.24, 2.45) is 0 Å². The first kappa shape index (κ1) is 21.8. The van der Waals surface area contributed by atoms with Gasteiger partial charge in [0.05, 0.1) is 16.5 Å². The molecule has 0 radical (unpaired) electrons. The Labute approximate surface area is 188 Å². The highest BCUT2D eigenvalue weighted by atomic mass is 32.2. The van der Waals surface area contributed by atoms with Crippen molar-refractivity contribution in [1.82, 2.24) is 13.8 Å². The van der Waals surface area contributed by atoms with E-state index >= 15 is 0 Å². The molecule has 0 atom stereocenters. The highest BCUT2D eigenvalue weighted by Crippen LogP contribution is 2.21. The second-order valence-corrected chi connectivity index (χ2v) is 9.77. The van der Waals surface area contributed by atoms with Crippen LogP contribution in [0.15, 0.2) is 65.6 Å². The Balaban J connectivity index is 1.42. The van der Waals surface area contributed by atoms with Crippen LogP contribution < -0.4 is 0 Å². The SMILES string of the molecule is Cc1ccc(C)n1-c1ccc(C(=O)N2CCN(S(=O)(=O)c3ccc(C#N)cc3)CC2)cc1. The summed E-state index contributed by atoms with van der Waals surface area (Å²) in [5.41, 5.74) is 4.24. The molecule has 4 rings (SSSR count). The molecule has 0 unspecified atom stereocenters. The fourth-order valence-corrected chi connectivity index (χ4v) is 5.42. The molecular weight excluding hydrogens is 424 g/mol. The molecule has 1 amide bonds. The van der Waals surface area contributed by atoms with Gasteiger partial charge in [0.2, 0.25) is 10.0 Å². The topological polar surface area (TPSA) is 86.4 Å². The van der Waals surface area contributed by atoms with Gasteiger partial charge >= 0.3 is 0 Å². The molecule has 1 aliphatic rings.